The molecule has 1 amide bonds. The first kappa shape index (κ1) is 20.2. The van der Waals surface area contributed by atoms with Gasteiger partial charge in [0.25, 0.3) is 0 Å². The highest BCUT2D eigenvalue weighted by Crippen LogP contribution is 2.44. The molecule has 0 radical (unpaired) electrons. The van der Waals surface area contributed by atoms with Gasteiger partial charge in [-0.25, -0.2) is 4.79 Å². The monoisotopic (exact) mass is 395 g/mol. The fourth-order valence-corrected chi connectivity index (χ4v) is 3.59. The highest BCUT2D eigenvalue weighted by atomic mass is 16.6. The minimum atomic E-state index is -1.34. The lowest BCUT2D eigenvalue weighted by atomic mass is 9.98. The lowest BCUT2D eigenvalue weighted by molar-refractivity contribution is -0.143. The Bertz CT molecular complexity index is 912. The maximum atomic E-state index is 12.6. The smallest absolute Gasteiger partial charge is 0.478 e. The molecule has 150 valence electrons. The van der Waals surface area contributed by atoms with Crippen molar-refractivity contribution in [3.63, 3.8) is 0 Å². The molecule has 0 saturated carbocycles. The van der Waals surface area contributed by atoms with E-state index < -0.39 is 18.1 Å². The number of nitrogens with two attached hydrogens (primary N) is 1. The molecule has 0 aliphatic heterocycles. The van der Waals surface area contributed by atoms with Crippen LogP contribution >= 0.6 is 0 Å². The topological polar surface area (TPSA) is 142 Å². The minimum absolute atomic E-state index is 0.00641. The van der Waals surface area contributed by atoms with E-state index in [-0.39, 0.29) is 25.5 Å². The van der Waals surface area contributed by atoms with Crippen LogP contribution in [-0.2, 0) is 9.53 Å². The number of hydrogen-bond donors (Lipinski definition) is 2. The minimum Gasteiger partial charge on any atom is -0.478 e. The fourth-order valence-electron chi connectivity index (χ4n) is 3.59. The summed E-state index contributed by atoms with van der Waals surface area (Å²) in [4.78, 5) is 26.7. The van der Waals surface area contributed by atoms with Crippen LogP contribution in [0.4, 0.5) is 4.79 Å². The number of benzene rings is 2. The van der Waals surface area contributed by atoms with Crippen LogP contribution in [0.1, 0.15) is 29.9 Å². The largest absolute Gasteiger partial charge is 0.511 e. The van der Waals surface area contributed by atoms with E-state index in [2.05, 4.69) is 10.1 Å². The Balaban J connectivity index is 1.80. The predicted octanol–water partition coefficient (Wildman–Crippen LogP) is 3.65. The van der Waals surface area contributed by atoms with Gasteiger partial charge in [0.1, 0.15) is 6.61 Å². The van der Waals surface area contributed by atoms with E-state index >= 15 is 0 Å². The standard InChI is InChI=1S/C20H21N5O4/c21-11-5-10-18(19(26)27)25(24-23-22)20(28)29-12-17-15-8-3-1-6-13(15)14-7-2-4-9-16(14)17/h1-4,6-9,17-18H,5,10-12,21H2,(H,26,27). The molecule has 2 aromatic rings. The quantitative estimate of drug-likeness (QED) is 0.304. The summed E-state index contributed by atoms with van der Waals surface area (Å²) in [6, 6.07) is 14.3. The number of ether oxygens (including phenoxy) is 1. The Morgan fingerprint density at radius 2 is 1.76 bits per heavy atom. The number of carbonyl (C=O) groups is 2. The second-order valence-electron chi connectivity index (χ2n) is 6.61. The van der Waals surface area contributed by atoms with Gasteiger partial charge in [0.2, 0.25) is 6.04 Å². The fraction of sp³-hybridized carbons (Fsp3) is 0.300. The van der Waals surface area contributed by atoms with E-state index in [0.29, 0.717) is 11.4 Å². The van der Waals surface area contributed by atoms with Gasteiger partial charge in [-0.05, 0) is 40.4 Å². The molecule has 9 heteroatoms. The maximum absolute atomic E-state index is 12.6. The molecule has 0 aromatic heterocycles. The Kier molecular flexibility index (Phi) is 6.33. The van der Waals surface area contributed by atoms with Crippen LogP contribution < -0.4 is 5.73 Å². The molecule has 0 fully saturated rings. The third-order valence-corrected chi connectivity index (χ3v) is 4.92. The van der Waals surface area contributed by atoms with Crippen LogP contribution in [0.5, 0.6) is 0 Å². The van der Waals surface area contributed by atoms with E-state index in [1.165, 1.54) is 0 Å². The Morgan fingerprint density at radius 1 is 1.17 bits per heavy atom. The van der Waals surface area contributed by atoms with E-state index in [1.54, 1.807) is 0 Å². The van der Waals surface area contributed by atoms with Crippen molar-refractivity contribution in [2.24, 2.45) is 11.0 Å². The Morgan fingerprint density at radius 3 is 2.28 bits per heavy atom. The zero-order valence-electron chi connectivity index (χ0n) is 15.6. The van der Waals surface area contributed by atoms with Gasteiger partial charge in [-0.1, -0.05) is 48.5 Å². The highest BCUT2D eigenvalue weighted by Gasteiger charge is 2.36. The summed E-state index contributed by atoms with van der Waals surface area (Å²) in [7, 11) is 0. The maximum Gasteiger partial charge on any atom is 0.511 e. The summed E-state index contributed by atoms with van der Waals surface area (Å²) >= 11 is 0. The number of carbonyl (C=O) groups excluding carboxylic acids is 1. The van der Waals surface area contributed by atoms with Crippen molar-refractivity contribution >= 4 is 12.1 Å². The summed E-state index contributed by atoms with van der Waals surface area (Å²) in [6.45, 7) is 0.242. The Labute approximate surface area is 167 Å². The summed E-state index contributed by atoms with van der Waals surface area (Å²) < 4.78 is 5.39. The van der Waals surface area contributed by atoms with E-state index in [0.717, 1.165) is 22.3 Å². The number of carboxylic acids is 1. The summed E-state index contributed by atoms with van der Waals surface area (Å²) in [5.74, 6) is -1.48. The second kappa shape index (κ2) is 9.09. The molecule has 1 aliphatic rings. The summed E-state index contributed by atoms with van der Waals surface area (Å²) in [5.41, 5.74) is 18.4. The van der Waals surface area contributed by atoms with Gasteiger partial charge in [0.15, 0.2) is 0 Å². The molecule has 0 heterocycles. The van der Waals surface area contributed by atoms with E-state index in [9.17, 15) is 14.7 Å². The molecular formula is C20H21N5O4. The molecule has 1 aliphatic carbocycles. The number of nitrogens with zero attached hydrogens (tertiary/aromatic N) is 4. The number of azide groups is 1. The SMILES string of the molecule is [N-]=[N+]=NN(C(=O)OCC1c2ccccc2-c2ccccc21)C(CCCN)C(=O)O. The van der Waals surface area contributed by atoms with Gasteiger partial charge in [0, 0.05) is 12.3 Å². The molecule has 3 rings (SSSR count). The van der Waals surface area contributed by atoms with Crippen molar-refractivity contribution in [2.75, 3.05) is 13.2 Å². The van der Waals surface area contributed by atoms with Gasteiger partial charge >= 0.3 is 12.1 Å². The lowest BCUT2D eigenvalue weighted by Gasteiger charge is -2.20. The molecule has 1 unspecified atom stereocenters. The molecular weight excluding hydrogens is 374 g/mol. The predicted molar refractivity (Wildman–Crippen MR) is 106 cm³/mol. The van der Waals surface area contributed by atoms with Crippen molar-refractivity contribution in [1.29, 1.82) is 0 Å². The summed E-state index contributed by atoms with van der Waals surface area (Å²) in [6.07, 6.45) is -0.603. The first-order valence-corrected chi connectivity index (χ1v) is 9.20. The third kappa shape index (κ3) is 4.16. The summed E-state index contributed by atoms with van der Waals surface area (Å²) in [5, 5.41) is 13.2. The van der Waals surface area contributed by atoms with E-state index in [4.69, 9.17) is 16.0 Å². The van der Waals surface area contributed by atoms with Gasteiger partial charge in [-0.3, -0.25) is 0 Å². The number of hydrogen-bond acceptors (Lipinski definition) is 5. The average molecular weight is 395 g/mol. The molecule has 29 heavy (non-hydrogen) atoms. The third-order valence-electron chi connectivity index (χ3n) is 4.92. The van der Waals surface area contributed by atoms with Crippen LogP contribution in [0.3, 0.4) is 0 Å². The van der Waals surface area contributed by atoms with Gasteiger partial charge < -0.3 is 15.6 Å². The average Bonchev–Trinajstić information content (AvgIpc) is 3.05. The zero-order valence-corrected chi connectivity index (χ0v) is 15.6. The number of carboxylic acid groups (broad SMARTS) is 1. The normalized spacial score (nSPS) is 13.0. The molecule has 2 aromatic carbocycles. The number of amides is 1. The molecule has 1 atom stereocenters. The molecule has 0 spiro atoms. The first-order valence-electron chi connectivity index (χ1n) is 9.20. The number of aliphatic carboxylic acids is 1. The molecule has 0 saturated heterocycles. The molecule has 0 bridgehead atoms. The van der Waals surface area contributed by atoms with Crippen LogP contribution in [0.15, 0.2) is 53.8 Å². The van der Waals surface area contributed by atoms with Crippen LogP contribution in [0.25, 0.3) is 21.6 Å². The van der Waals surface area contributed by atoms with Crippen LogP contribution in [-0.4, -0.2) is 41.4 Å². The van der Waals surface area contributed by atoms with Crippen molar-refractivity contribution < 1.29 is 19.4 Å². The van der Waals surface area contributed by atoms with Gasteiger partial charge in [-0.2, -0.15) is 9.71 Å². The Hall–Kier alpha value is -3.55. The highest BCUT2D eigenvalue weighted by molar-refractivity contribution is 5.81. The van der Waals surface area contributed by atoms with E-state index in [1.807, 2.05) is 48.5 Å². The number of fused-ring (bicyclic) bond motifs is 3. The van der Waals surface area contributed by atoms with Crippen molar-refractivity contribution in [3.05, 3.63) is 70.1 Å². The van der Waals surface area contributed by atoms with Crippen molar-refractivity contribution in [1.82, 2.24) is 5.01 Å². The molecule has 9 nitrogen and oxygen atoms in total. The van der Waals surface area contributed by atoms with Gasteiger partial charge in [-0.15, -0.1) is 10.5 Å². The number of rotatable bonds is 8. The van der Waals surface area contributed by atoms with Gasteiger partial charge in [0.05, 0.1) is 0 Å². The van der Waals surface area contributed by atoms with Crippen molar-refractivity contribution in [3.8, 4) is 11.1 Å². The molecule has 3 N–H and O–H groups in total. The first-order chi connectivity index (χ1) is 14.1. The zero-order chi connectivity index (χ0) is 20.8. The lowest BCUT2D eigenvalue weighted by Crippen LogP contribution is -2.42. The van der Waals surface area contributed by atoms with Crippen molar-refractivity contribution in [2.45, 2.75) is 24.8 Å². The second-order valence-corrected chi connectivity index (χ2v) is 6.61. The van der Waals surface area contributed by atoms with Crippen LogP contribution in [0.2, 0.25) is 0 Å². The van der Waals surface area contributed by atoms with Crippen LogP contribution in [0, 0.1) is 0 Å².